The Bertz CT molecular complexity index is 463. The van der Waals surface area contributed by atoms with Gasteiger partial charge >= 0.3 is 0 Å². The number of amides is 1. The van der Waals surface area contributed by atoms with Crippen LogP contribution in [-0.2, 0) is 0 Å². The number of carbonyl (C=O) groups excluding carboxylic acids is 1. The topological polar surface area (TPSA) is 44.4 Å². The van der Waals surface area contributed by atoms with Crippen molar-refractivity contribution < 1.29 is 4.79 Å². The second-order valence-electron chi connectivity index (χ2n) is 5.00. The molecule has 0 radical (unpaired) electrons. The van der Waals surface area contributed by atoms with Crippen molar-refractivity contribution in [3.63, 3.8) is 0 Å². The lowest BCUT2D eigenvalue weighted by Gasteiger charge is -2.16. The van der Waals surface area contributed by atoms with Crippen LogP contribution in [0.25, 0.3) is 0 Å². The number of nitrogens with zero attached hydrogens (tertiary/aromatic N) is 1. The molecule has 0 saturated carbocycles. The first-order valence-electron chi connectivity index (χ1n) is 6.69. The van der Waals surface area contributed by atoms with E-state index in [0.717, 1.165) is 24.2 Å². The van der Waals surface area contributed by atoms with Crippen LogP contribution in [0.15, 0.2) is 36.0 Å². The summed E-state index contributed by atoms with van der Waals surface area (Å²) >= 11 is 0. The van der Waals surface area contributed by atoms with Gasteiger partial charge in [0.25, 0.3) is 5.91 Å². The number of rotatable bonds is 4. The third-order valence-corrected chi connectivity index (χ3v) is 3.27. The zero-order valence-corrected chi connectivity index (χ0v) is 11.6. The monoisotopic (exact) mass is 259 g/mol. The van der Waals surface area contributed by atoms with Gasteiger partial charge in [0, 0.05) is 31.0 Å². The predicted molar refractivity (Wildman–Crippen MR) is 77.9 cm³/mol. The molecule has 102 valence electrons. The quantitative estimate of drug-likeness (QED) is 0.816. The number of hydrogen-bond donors (Lipinski definition) is 2. The molecule has 0 fully saturated rings. The molecule has 0 aromatic heterocycles. The molecule has 0 bridgehead atoms. The second-order valence-corrected chi connectivity index (χ2v) is 5.00. The number of anilines is 1. The highest BCUT2D eigenvalue weighted by atomic mass is 16.2. The number of carbonyl (C=O) groups is 1. The maximum Gasteiger partial charge on any atom is 0.269 e. The van der Waals surface area contributed by atoms with E-state index in [1.807, 2.05) is 43.3 Å². The first kappa shape index (κ1) is 13.5. The summed E-state index contributed by atoms with van der Waals surface area (Å²) in [6, 6.07) is 7.55. The third-order valence-electron chi connectivity index (χ3n) is 3.27. The zero-order valence-electron chi connectivity index (χ0n) is 11.6. The van der Waals surface area contributed by atoms with Gasteiger partial charge in [-0.15, -0.1) is 0 Å². The van der Waals surface area contributed by atoms with Crippen LogP contribution in [0.2, 0.25) is 0 Å². The summed E-state index contributed by atoms with van der Waals surface area (Å²) in [6.07, 6.45) is 6.69. The molecule has 1 amide bonds. The molecule has 0 unspecified atom stereocenters. The summed E-state index contributed by atoms with van der Waals surface area (Å²) < 4.78 is 0. The van der Waals surface area contributed by atoms with Crippen molar-refractivity contribution in [3.05, 3.63) is 41.6 Å². The van der Waals surface area contributed by atoms with Crippen molar-refractivity contribution in [1.82, 2.24) is 10.9 Å². The van der Waals surface area contributed by atoms with Crippen LogP contribution >= 0.6 is 0 Å². The van der Waals surface area contributed by atoms with Gasteiger partial charge in [0.1, 0.15) is 0 Å². The Labute approximate surface area is 114 Å². The fraction of sp³-hybridized carbons (Fsp3) is 0.400. The SMILES string of the molecule is CN(C)c1ccc(C(=O)NNC2=CCCCC2)cc1. The molecule has 0 spiro atoms. The second kappa shape index (κ2) is 6.27. The first-order valence-corrected chi connectivity index (χ1v) is 6.69. The lowest BCUT2D eigenvalue weighted by Crippen LogP contribution is -2.37. The summed E-state index contributed by atoms with van der Waals surface area (Å²) in [5, 5.41) is 0. The molecular formula is C15H21N3O. The Morgan fingerprint density at radius 3 is 2.47 bits per heavy atom. The van der Waals surface area contributed by atoms with Crippen LogP contribution in [0, 0.1) is 0 Å². The largest absolute Gasteiger partial charge is 0.378 e. The Morgan fingerprint density at radius 2 is 1.89 bits per heavy atom. The summed E-state index contributed by atoms with van der Waals surface area (Å²) in [5.41, 5.74) is 8.61. The fourth-order valence-electron chi connectivity index (χ4n) is 2.07. The Morgan fingerprint density at radius 1 is 1.16 bits per heavy atom. The van der Waals surface area contributed by atoms with Gasteiger partial charge in [0.05, 0.1) is 0 Å². The van der Waals surface area contributed by atoms with Gasteiger partial charge in [-0.05, 0) is 49.9 Å². The molecule has 1 aromatic rings. The van der Waals surface area contributed by atoms with E-state index in [0.29, 0.717) is 5.56 Å². The average Bonchev–Trinajstić information content (AvgIpc) is 2.46. The van der Waals surface area contributed by atoms with Crippen LogP contribution in [0.5, 0.6) is 0 Å². The van der Waals surface area contributed by atoms with Gasteiger partial charge in [-0.1, -0.05) is 6.08 Å². The van der Waals surface area contributed by atoms with E-state index in [-0.39, 0.29) is 5.91 Å². The summed E-state index contributed by atoms with van der Waals surface area (Å²) in [5.74, 6) is -0.100. The van der Waals surface area contributed by atoms with Crippen molar-refractivity contribution in [3.8, 4) is 0 Å². The van der Waals surface area contributed by atoms with E-state index in [1.165, 1.54) is 12.8 Å². The summed E-state index contributed by atoms with van der Waals surface area (Å²) in [4.78, 5) is 14.0. The van der Waals surface area contributed by atoms with Crippen molar-refractivity contribution in [1.29, 1.82) is 0 Å². The summed E-state index contributed by atoms with van der Waals surface area (Å²) in [6.45, 7) is 0. The van der Waals surface area contributed by atoms with E-state index in [2.05, 4.69) is 16.9 Å². The summed E-state index contributed by atoms with van der Waals surface area (Å²) in [7, 11) is 3.96. The minimum atomic E-state index is -0.100. The standard InChI is InChI=1S/C15H21N3O/c1-18(2)14-10-8-12(9-11-14)15(19)17-16-13-6-4-3-5-7-13/h6,8-11,16H,3-5,7H2,1-2H3,(H,17,19). The molecule has 2 rings (SSSR count). The maximum atomic E-state index is 12.0. The number of allylic oxidation sites excluding steroid dienone is 2. The minimum Gasteiger partial charge on any atom is -0.378 e. The molecule has 0 atom stereocenters. The van der Waals surface area contributed by atoms with Gasteiger partial charge < -0.3 is 10.3 Å². The van der Waals surface area contributed by atoms with Gasteiger partial charge in [0.15, 0.2) is 0 Å². The third kappa shape index (κ3) is 3.74. The molecule has 2 N–H and O–H groups in total. The van der Waals surface area contributed by atoms with Crippen molar-refractivity contribution in [2.45, 2.75) is 25.7 Å². The molecule has 4 nitrogen and oxygen atoms in total. The molecule has 1 aliphatic carbocycles. The van der Waals surface area contributed by atoms with Gasteiger partial charge in [-0.2, -0.15) is 0 Å². The molecular weight excluding hydrogens is 238 g/mol. The van der Waals surface area contributed by atoms with E-state index < -0.39 is 0 Å². The lowest BCUT2D eigenvalue weighted by atomic mass is 10.1. The number of nitrogens with one attached hydrogen (secondary N) is 2. The van der Waals surface area contributed by atoms with Gasteiger partial charge in [0.2, 0.25) is 0 Å². The van der Waals surface area contributed by atoms with Crippen LogP contribution in [0.3, 0.4) is 0 Å². The van der Waals surface area contributed by atoms with Crippen molar-refractivity contribution >= 4 is 11.6 Å². The minimum absolute atomic E-state index is 0.100. The van der Waals surface area contributed by atoms with Crippen molar-refractivity contribution in [2.75, 3.05) is 19.0 Å². The van der Waals surface area contributed by atoms with Crippen molar-refractivity contribution in [2.24, 2.45) is 0 Å². The Kier molecular flexibility index (Phi) is 4.44. The highest BCUT2D eigenvalue weighted by Gasteiger charge is 2.07. The molecule has 0 saturated heterocycles. The van der Waals surface area contributed by atoms with Crippen LogP contribution in [0.1, 0.15) is 36.0 Å². The van der Waals surface area contributed by atoms with E-state index in [9.17, 15) is 4.79 Å². The Balaban J connectivity index is 1.90. The lowest BCUT2D eigenvalue weighted by molar-refractivity contribution is 0.0938. The normalized spacial score (nSPS) is 14.5. The molecule has 19 heavy (non-hydrogen) atoms. The van der Waals surface area contributed by atoms with Crippen LogP contribution in [0.4, 0.5) is 5.69 Å². The average molecular weight is 259 g/mol. The van der Waals surface area contributed by atoms with Gasteiger partial charge in [-0.3, -0.25) is 10.2 Å². The first-order chi connectivity index (χ1) is 9.16. The predicted octanol–water partition coefficient (Wildman–Crippen LogP) is 2.44. The molecule has 0 heterocycles. The molecule has 1 aromatic carbocycles. The number of hydrazine groups is 1. The fourth-order valence-corrected chi connectivity index (χ4v) is 2.07. The van der Waals surface area contributed by atoms with Gasteiger partial charge in [-0.25, -0.2) is 0 Å². The smallest absolute Gasteiger partial charge is 0.269 e. The zero-order chi connectivity index (χ0) is 13.7. The highest BCUT2D eigenvalue weighted by Crippen LogP contribution is 2.14. The molecule has 4 heteroatoms. The van der Waals surface area contributed by atoms with E-state index in [4.69, 9.17) is 0 Å². The number of hydrogen-bond acceptors (Lipinski definition) is 3. The van der Waals surface area contributed by atoms with Crippen LogP contribution in [-0.4, -0.2) is 20.0 Å². The highest BCUT2D eigenvalue weighted by molar-refractivity contribution is 5.94. The number of benzene rings is 1. The maximum absolute atomic E-state index is 12.0. The van der Waals surface area contributed by atoms with E-state index in [1.54, 1.807) is 0 Å². The molecule has 0 aliphatic heterocycles. The molecule has 1 aliphatic rings. The van der Waals surface area contributed by atoms with E-state index >= 15 is 0 Å². The van der Waals surface area contributed by atoms with Crippen LogP contribution < -0.4 is 15.8 Å². The Hall–Kier alpha value is -1.97.